The van der Waals surface area contributed by atoms with E-state index in [1.54, 1.807) is 4.68 Å². The van der Waals surface area contributed by atoms with Crippen LogP contribution in [0.15, 0.2) is 16.8 Å². The highest BCUT2D eigenvalue weighted by atomic mass is 16.5. The Bertz CT molecular complexity index is 576. The Balaban J connectivity index is 1.77. The number of aromatic nitrogens is 4. The molecule has 6 nitrogen and oxygen atoms in total. The van der Waals surface area contributed by atoms with Crippen molar-refractivity contribution in [1.82, 2.24) is 25.2 Å². The molecule has 0 bridgehead atoms. The average molecular weight is 289 g/mol. The van der Waals surface area contributed by atoms with Crippen molar-refractivity contribution >= 4 is 0 Å². The van der Waals surface area contributed by atoms with Crippen LogP contribution in [-0.4, -0.2) is 32.5 Å². The molecule has 1 aliphatic carbocycles. The van der Waals surface area contributed by atoms with Crippen molar-refractivity contribution in [3.63, 3.8) is 0 Å². The molecule has 1 fully saturated rings. The molecule has 2 heterocycles. The smallest absolute Gasteiger partial charge is 0.231 e. The molecule has 1 aliphatic rings. The third-order valence-electron chi connectivity index (χ3n) is 4.12. The molecule has 1 N–H and O–H groups in total. The van der Waals surface area contributed by atoms with Gasteiger partial charge in [-0.1, -0.05) is 24.9 Å². The zero-order valence-corrected chi connectivity index (χ0v) is 12.7. The lowest BCUT2D eigenvalue weighted by molar-refractivity contribution is 0.263. The summed E-state index contributed by atoms with van der Waals surface area (Å²) >= 11 is 0. The van der Waals surface area contributed by atoms with Gasteiger partial charge < -0.3 is 9.84 Å². The van der Waals surface area contributed by atoms with E-state index < -0.39 is 0 Å². The first-order valence-electron chi connectivity index (χ1n) is 7.85. The minimum atomic E-state index is 0.329. The number of nitrogens with one attached hydrogen (secondary N) is 1. The molecule has 0 radical (unpaired) electrons. The van der Waals surface area contributed by atoms with E-state index in [2.05, 4.69) is 27.5 Å². The van der Waals surface area contributed by atoms with Crippen LogP contribution in [0.1, 0.15) is 50.8 Å². The molecule has 6 heteroatoms. The number of aryl methyl sites for hydroxylation is 1. The predicted molar refractivity (Wildman–Crippen MR) is 79.8 cm³/mol. The van der Waals surface area contributed by atoms with Crippen LogP contribution in [0.25, 0.3) is 11.5 Å². The van der Waals surface area contributed by atoms with E-state index in [0.717, 1.165) is 31.0 Å². The summed E-state index contributed by atoms with van der Waals surface area (Å²) in [5.74, 6) is 1.67. The van der Waals surface area contributed by atoms with E-state index in [-0.39, 0.29) is 0 Å². The molecule has 21 heavy (non-hydrogen) atoms. The number of hydrogen-bond acceptors (Lipinski definition) is 5. The molecule has 1 saturated carbocycles. The molecular weight excluding hydrogens is 266 g/mol. The fourth-order valence-electron chi connectivity index (χ4n) is 3.02. The lowest BCUT2D eigenvalue weighted by atomic mass is 9.84. The Morgan fingerprint density at radius 1 is 1.38 bits per heavy atom. The second kappa shape index (κ2) is 6.39. The van der Waals surface area contributed by atoms with Crippen LogP contribution in [0.2, 0.25) is 0 Å². The molecule has 0 aliphatic heterocycles. The summed E-state index contributed by atoms with van der Waals surface area (Å²) in [5, 5.41) is 12.0. The highest BCUT2D eigenvalue weighted by Gasteiger charge is 2.30. The SMILES string of the molecule is CCCNC1CCCCC1c1nc(-c2ccn(C)n2)no1. The Morgan fingerprint density at radius 3 is 3.00 bits per heavy atom. The number of hydrogen-bond donors (Lipinski definition) is 1. The molecule has 2 unspecified atom stereocenters. The summed E-state index contributed by atoms with van der Waals surface area (Å²) in [6.45, 7) is 3.24. The Kier molecular flexibility index (Phi) is 4.34. The lowest BCUT2D eigenvalue weighted by Gasteiger charge is -2.29. The molecular formula is C15H23N5O. The highest BCUT2D eigenvalue weighted by molar-refractivity contribution is 5.46. The zero-order valence-electron chi connectivity index (χ0n) is 12.7. The summed E-state index contributed by atoms with van der Waals surface area (Å²) in [6.07, 6.45) is 7.84. The molecule has 114 valence electrons. The van der Waals surface area contributed by atoms with E-state index in [9.17, 15) is 0 Å². The van der Waals surface area contributed by atoms with Crippen molar-refractivity contribution in [2.75, 3.05) is 6.54 Å². The second-order valence-electron chi connectivity index (χ2n) is 5.78. The summed E-state index contributed by atoms with van der Waals surface area (Å²) in [7, 11) is 1.89. The monoisotopic (exact) mass is 289 g/mol. The van der Waals surface area contributed by atoms with Gasteiger partial charge in [0.15, 0.2) is 0 Å². The fourth-order valence-corrected chi connectivity index (χ4v) is 3.02. The zero-order chi connectivity index (χ0) is 14.7. The summed E-state index contributed by atoms with van der Waals surface area (Å²) in [5.41, 5.74) is 0.765. The van der Waals surface area contributed by atoms with Crippen LogP contribution in [0.5, 0.6) is 0 Å². The largest absolute Gasteiger partial charge is 0.339 e. The minimum absolute atomic E-state index is 0.329. The summed E-state index contributed by atoms with van der Waals surface area (Å²) in [6, 6.07) is 2.36. The van der Waals surface area contributed by atoms with Gasteiger partial charge in [-0.3, -0.25) is 4.68 Å². The second-order valence-corrected chi connectivity index (χ2v) is 5.78. The van der Waals surface area contributed by atoms with Crippen molar-refractivity contribution in [2.45, 2.75) is 51.0 Å². The molecule has 2 aromatic heterocycles. The molecule has 2 aromatic rings. The Hall–Kier alpha value is -1.69. The van der Waals surface area contributed by atoms with Gasteiger partial charge in [-0.05, 0) is 31.9 Å². The normalized spacial score (nSPS) is 22.6. The van der Waals surface area contributed by atoms with E-state index in [4.69, 9.17) is 4.52 Å². The van der Waals surface area contributed by atoms with Crippen LogP contribution in [-0.2, 0) is 7.05 Å². The van der Waals surface area contributed by atoms with E-state index in [0.29, 0.717) is 17.8 Å². The van der Waals surface area contributed by atoms with Crippen molar-refractivity contribution < 1.29 is 4.52 Å². The predicted octanol–water partition coefficient (Wildman–Crippen LogP) is 2.50. The third kappa shape index (κ3) is 3.15. The summed E-state index contributed by atoms with van der Waals surface area (Å²) < 4.78 is 7.28. The maximum atomic E-state index is 5.53. The topological polar surface area (TPSA) is 68.8 Å². The third-order valence-corrected chi connectivity index (χ3v) is 4.12. The Labute approximate surface area is 124 Å². The number of rotatable bonds is 5. The van der Waals surface area contributed by atoms with Gasteiger partial charge in [0.05, 0.1) is 5.92 Å². The standard InChI is InChI=1S/C15H23N5O/c1-3-9-16-12-7-5-4-6-11(12)15-17-14(19-21-15)13-8-10-20(2)18-13/h8,10-12,16H,3-7,9H2,1-2H3. The molecule has 0 saturated heterocycles. The molecule has 0 aromatic carbocycles. The van der Waals surface area contributed by atoms with Crippen LogP contribution < -0.4 is 5.32 Å². The van der Waals surface area contributed by atoms with Crippen molar-refractivity contribution in [2.24, 2.45) is 7.05 Å². The first-order valence-corrected chi connectivity index (χ1v) is 7.85. The van der Waals surface area contributed by atoms with Gasteiger partial charge in [0.2, 0.25) is 11.7 Å². The minimum Gasteiger partial charge on any atom is -0.339 e. The highest BCUT2D eigenvalue weighted by Crippen LogP contribution is 2.33. The van der Waals surface area contributed by atoms with Crippen LogP contribution in [0.3, 0.4) is 0 Å². The van der Waals surface area contributed by atoms with Gasteiger partial charge in [0.1, 0.15) is 5.69 Å². The van der Waals surface area contributed by atoms with Crippen molar-refractivity contribution in [3.8, 4) is 11.5 Å². The quantitative estimate of drug-likeness (QED) is 0.916. The van der Waals surface area contributed by atoms with Crippen LogP contribution in [0.4, 0.5) is 0 Å². The average Bonchev–Trinajstić information content (AvgIpc) is 3.14. The van der Waals surface area contributed by atoms with Gasteiger partial charge in [0, 0.05) is 19.3 Å². The fraction of sp³-hybridized carbons (Fsp3) is 0.667. The molecule has 0 spiro atoms. The van der Waals surface area contributed by atoms with Gasteiger partial charge in [0.25, 0.3) is 0 Å². The Morgan fingerprint density at radius 2 is 2.24 bits per heavy atom. The van der Waals surface area contributed by atoms with Gasteiger partial charge in [-0.2, -0.15) is 10.1 Å². The van der Waals surface area contributed by atoms with E-state index >= 15 is 0 Å². The van der Waals surface area contributed by atoms with Gasteiger partial charge in [-0.25, -0.2) is 0 Å². The van der Waals surface area contributed by atoms with E-state index in [1.807, 2.05) is 19.3 Å². The first-order chi connectivity index (χ1) is 10.3. The van der Waals surface area contributed by atoms with Crippen molar-refractivity contribution in [1.29, 1.82) is 0 Å². The molecule has 0 amide bonds. The van der Waals surface area contributed by atoms with Crippen LogP contribution in [0, 0.1) is 0 Å². The maximum Gasteiger partial charge on any atom is 0.231 e. The van der Waals surface area contributed by atoms with Gasteiger partial charge >= 0.3 is 0 Å². The molecule has 2 atom stereocenters. The maximum absolute atomic E-state index is 5.53. The first kappa shape index (κ1) is 14.3. The van der Waals surface area contributed by atoms with E-state index in [1.165, 1.54) is 19.3 Å². The lowest BCUT2D eigenvalue weighted by Crippen LogP contribution is -2.37. The molecule has 3 rings (SSSR count). The summed E-state index contributed by atoms with van der Waals surface area (Å²) in [4.78, 5) is 4.58. The van der Waals surface area contributed by atoms with Gasteiger partial charge in [-0.15, -0.1) is 0 Å². The van der Waals surface area contributed by atoms with Crippen LogP contribution >= 0.6 is 0 Å². The van der Waals surface area contributed by atoms with Crippen molar-refractivity contribution in [3.05, 3.63) is 18.2 Å². The number of nitrogens with zero attached hydrogens (tertiary/aromatic N) is 4.